The zero-order valence-electron chi connectivity index (χ0n) is 16.8. The molecule has 1 aromatic carbocycles. The van der Waals surface area contributed by atoms with E-state index in [4.69, 9.17) is 4.42 Å². The van der Waals surface area contributed by atoms with Crippen molar-refractivity contribution in [3.05, 3.63) is 54.0 Å². The van der Waals surface area contributed by atoms with Crippen LogP contribution >= 0.6 is 0 Å². The molecule has 1 aliphatic rings. The Hall–Kier alpha value is -3.30. The maximum absolute atomic E-state index is 12.7. The summed E-state index contributed by atoms with van der Waals surface area (Å²) in [4.78, 5) is 38.5. The van der Waals surface area contributed by atoms with Crippen LogP contribution in [0.1, 0.15) is 24.7 Å². The molecule has 1 aromatic heterocycles. The number of carbonyl (C=O) groups is 3. The number of hydrogen-bond acceptors (Lipinski definition) is 4. The molecule has 0 spiro atoms. The average molecular weight is 437 g/mol. The van der Waals surface area contributed by atoms with Gasteiger partial charge in [0.05, 0.1) is 18.7 Å². The minimum atomic E-state index is -4.95. The van der Waals surface area contributed by atoms with Crippen LogP contribution in [0.4, 0.5) is 18.9 Å². The maximum atomic E-state index is 12.7. The van der Waals surface area contributed by atoms with Gasteiger partial charge in [-0.15, -0.1) is 0 Å². The molecule has 3 rings (SSSR count). The summed E-state index contributed by atoms with van der Waals surface area (Å²) in [5, 5.41) is 2.71. The minimum Gasteiger partial charge on any atom is -0.467 e. The molecule has 1 saturated heterocycles. The molecule has 3 amide bonds. The number of rotatable bonds is 7. The van der Waals surface area contributed by atoms with Gasteiger partial charge in [-0.25, -0.2) is 0 Å². The molecular formula is C21H22F3N3O4. The van der Waals surface area contributed by atoms with Gasteiger partial charge in [0, 0.05) is 31.7 Å². The Bertz CT molecular complexity index is 944. The van der Waals surface area contributed by atoms with Crippen LogP contribution in [-0.4, -0.2) is 46.8 Å². The molecule has 1 aliphatic heterocycles. The highest BCUT2D eigenvalue weighted by molar-refractivity contribution is 5.97. The van der Waals surface area contributed by atoms with E-state index >= 15 is 0 Å². The molecule has 31 heavy (non-hydrogen) atoms. The topological polar surface area (TPSA) is 82.9 Å². The lowest BCUT2D eigenvalue weighted by molar-refractivity contribution is -0.185. The summed E-state index contributed by atoms with van der Waals surface area (Å²) >= 11 is 0. The fraction of sp³-hybridized carbons (Fsp3) is 0.381. The van der Waals surface area contributed by atoms with E-state index < -0.39 is 18.0 Å². The third-order valence-corrected chi connectivity index (χ3v) is 4.99. The quantitative estimate of drug-likeness (QED) is 0.721. The molecule has 0 radical (unpaired) electrons. The average Bonchev–Trinajstić information content (AvgIpc) is 3.35. The van der Waals surface area contributed by atoms with Gasteiger partial charge in [0.2, 0.25) is 11.8 Å². The maximum Gasteiger partial charge on any atom is 0.471 e. The highest BCUT2D eigenvalue weighted by Gasteiger charge is 2.42. The van der Waals surface area contributed by atoms with Gasteiger partial charge in [-0.3, -0.25) is 14.4 Å². The van der Waals surface area contributed by atoms with Crippen LogP contribution in [0.3, 0.4) is 0 Å². The lowest BCUT2D eigenvalue weighted by Gasteiger charge is -2.22. The van der Waals surface area contributed by atoms with E-state index in [-0.39, 0.29) is 44.4 Å². The molecule has 7 nitrogen and oxygen atoms in total. The number of carbonyl (C=O) groups excluding carboxylic acids is 3. The van der Waals surface area contributed by atoms with Crippen molar-refractivity contribution in [2.75, 3.05) is 18.4 Å². The third kappa shape index (κ3) is 5.65. The van der Waals surface area contributed by atoms with Crippen LogP contribution in [0, 0.1) is 5.92 Å². The molecule has 10 heteroatoms. The first-order valence-corrected chi connectivity index (χ1v) is 9.73. The summed E-state index contributed by atoms with van der Waals surface area (Å²) in [6, 6.07) is 9.73. The van der Waals surface area contributed by atoms with Gasteiger partial charge in [-0.05, 0) is 36.8 Å². The third-order valence-electron chi connectivity index (χ3n) is 4.99. The fourth-order valence-electron chi connectivity index (χ4n) is 3.41. The minimum absolute atomic E-state index is 0.0654. The van der Waals surface area contributed by atoms with Crippen molar-refractivity contribution in [1.29, 1.82) is 0 Å². The Kier molecular flexibility index (Phi) is 6.67. The molecule has 2 heterocycles. The second kappa shape index (κ2) is 9.23. The number of amides is 3. The summed E-state index contributed by atoms with van der Waals surface area (Å²) in [6.07, 6.45) is -3.37. The number of likely N-dealkylation sites (tertiary alicyclic amines) is 1. The van der Waals surface area contributed by atoms with Crippen LogP contribution < -0.4 is 5.32 Å². The SMILES string of the molecule is CCN(Cc1cccc(NC(=O)C2CC(=O)N(Cc3ccco3)C2)c1)C(=O)C(F)(F)F. The molecule has 1 atom stereocenters. The Balaban J connectivity index is 1.61. The van der Waals surface area contributed by atoms with Crippen LogP contribution in [0.15, 0.2) is 47.1 Å². The highest BCUT2D eigenvalue weighted by Crippen LogP contribution is 2.24. The monoisotopic (exact) mass is 437 g/mol. The lowest BCUT2D eigenvalue weighted by atomic mass is 10.1. The summed E-state index contributed by atoms with van der Waals surface area (Å²) in [6.45, 7) is 1.64. The molecule has 166 valence electrons. The van der Waals surface area contributed by atoms with Crippen LogP contribution in [0.2, 0.25) is 0 Å². The number of alkyl halides is 3. The van der Waals surface area contributed by atoms with Crippen LogP contribution in [0.25, 0.3) is 0 Å². The highest BCUT2D eigenvalue weighted by atomic mass is 19.4. The number of halogens is 3. The van der Waals surface area contributed by atoms with Gasteiger partial charge < -0.3 is 19.5 Å². The van der Waals surface area contributed by atoms with Crippen molar-refractivity contribution in [2.24, 2.45) is 5.92 Å². The molecule has 1 unspecified atom stereocenters. The largest absolute Gasteiger partial charge is 0.471 e. The summed E-state index contributed by atoms with van der Waals surface area (Å²) in [7, 11) is 0. The first-order valence-electron chi connectivity index (χ1n) is 9.73. The van der Waals surface area contributed by atoms with Crippen LogP contribution in [0.5, 0.6) is 0 Å². The smallest absolute Gasteiger partial charge is 0.467 e. The van der Waals surface area contributed by atoms with Gasteiger partial charge in [-0.2, -0.15) is 13.2 Å². The lowest BCUT2D eigenvalue weighted by Crippen LogP contribution is -2.40. The van der Waals surface area contributed by atoms with Crippen molar-refractivity contribution in [1.82, 2.24) is 9.80 Å². The fourth-order valence-corrected chi connectivity index (χ4v) is 3.41. The van der Waals surface area contributed by atoms with E-state index in [2.05, 4.69) is 5.32 Å². The molecule has 0 bridgehead atoms. The second-order valence-corrected chi connectivity index (χ2v) is 7.26. The van der Waals surface area contributed by atoms with Gasteiger partial charge in [0.15, 0.2) is 0 Å². The molecule has 2 aromatic rings. The normalized spacial score (nSPS) is 16.5. The van der Waals surface area contributed by atoms with Gasteiger partial charge in [0.25, 0.3) is 0 Å². The Morgan fingerprint density at radius 3 is 2.68 bits per heavy atom. The second-order valence-electron chi connectivity index (χ2n) is 7.26. The summed E-state index contributed by atoms with van der Waals surface area (Å²) in [5.41, 5.74) is 0.828. The number of nitrogens with one attached hydrogen (secondary N) is 1. The van der Waals surface area contributed by atoms with E-state index in [1.54, 1.807) is 35.2 Å². The van der Waals surface area contributed by atoms with Gasteiger partial charge in [-0.1, -0.05) is 12.1 Å². The van der Waals surface area contributed by atoms with E-state index in [1.165, 1.54) is 19.3 Å². The standard InChI is InChI=1S/C21H22F3N3O4/c1-2-26(20(30)21(22,23)24)11-14-5-3-6-16(9-14)25-19(29)15-10-18(28)27(12-15)13-17-7-4-8-31-17/h3-9,15H,2,10-13H2,1H3,(H,25,29). The number of nitrogens with zero attached hydrogens (tertiary/aromatic N) is 2. The van der Waals surface area contributed by atoms with E-state index in [9.17, 15) is 27.6 Å². The van der Waals surface area contributed by atoms with Crippen LogP contribution in [-0.2, 0) is 27.5 Å². The molecule has 1 fully saturated rings. The Labute approximate surface area is 176 Å². The van der Waals surface area contributed by atoms with Gasteiger partial charge in [0.1, 0.15) is 5.76 Å². The van der Waals surface area contributed by atoms with Crippen molar-refractivity contribution in [2.45, 2.75) is 32.6 Å². The van der Waals surface area contributed by atoms with E-state index in [0.29, 0.717) is 21.9 Å². The van der Waals surface area contributed by atoms with Crippen molar-refractivity contribution < 1.29 is 32.0 Å². The Morgan fingerprint density at radius 2 is 2.03 bits per heavy atom. The zero-order valence-corrected chi connectivity index (χ0v) is 16.8. The molecular weight excluding hydrogens is 415 g/mol. The van der Waals surface area contributed by atoms with E-state index in [0.717, 1.165) is 0 Å². The summed E-state index contributed by atoms with van der Waals surface area (Å²) < 4.78 is 43.4. The number of anilines is 1. The predicted molar refractivity (Wildman–Crippen MR) is 104 cm³/mol. The molecule has 0 saturated carbocycles. The van der Waals surface area contributed by atoms with E-state index in [1.807, 2.05) is 0 Å². The first kappa shape index (κ1) is 22.4. The zero-order chi connectivity index (χ0) is 22.6. The molecule has 0 aliphatic carbocycles. The molecule has 1 N–H and O–H groups in total. The van der Waals surface area contributed by atoms with Crippen molar-refractivity contribution in [3.8, 4) is 0 Å². The number of hydrogen-bond donors (Lipinski definition) is 1. The number of benzene rings is 1. The summed E-state index contributed by atoms with van der Waals surface area (Å²) in [5.74, 6) is -2.35. The van der Waals surface area contributed by atoms with Crippen molar-refractivity contribution in [3.63, 3.8) is 0 Å². The predicted octanol–water partition coefficient (Wildman–Crippen LogP) is 3.18. The Morgan fingerprint density at radius 1 is 1.26 bits per heavy atom. The number of furan rings is 1. The first-order chi connectivity index (χ1) is 14.7. The van der Waals surface area contributed by atoms with Gasteiger partial charge >= 0.3 is 12.1 Å². The van der Waals surface area contributed by atoms with Crippen molar-refractivity contribution >= 4 is 23.4 Å².